The first kappa shape index (κ1) is 21.7. The van der Waals surface area contributed by atoms with Crippen molar-refractivity contribution in [3.8, 4) is 0 Å². The molecule has 154 valence electrons. The van der Waals surface area contributed by atoms with Crippen molar-refractivity contribution in [2.45, 2.75) is 97.6 Å². The van der Waals surface area contributed by atoms with Crippen LogP contribution < -0.4 is 10.6 Å². The van der Waals surface area contributed by atoms with E-state index in [9.17, 15) is 14.4 Å². The van der Waals surface area contributed by atoms with E-state index in [2.05, 4.69) is 45.3 Å². The van der Waals surface area contributed by atoms with Gasteiger partial charge in [-0.1, -0.05) is 47.5 Å². The first-order valence-corrected chi connectivity index (χ1v) is 10.5. The van der Waals surface area contributed by atoms with E-state index >= 15 is 0 Å². The van der Waals surface area contributed by atoms with Gasteiger partial charge in [0, 0.05) is 19.0 Å². The molecule has 0 bridgehead atoms. The molecule has 2 N–H and O–H groups in total. The minimum atomic E-state index is -0.659. The van der Waals surface area contributed by atoms with Crippen molar-refractivity contribution in [2.75, 3.05) is 6.54 Å². The van der Waals surface area contributed by atoms with Crippen LogP contribution in [0.5, 0.6) is 0 Å². The molecule has 1 saturated carbocycles. The van der Waals surface area contributed by atoms with Crippen LogP contribution in [-0.2, 0) is 9.59 Å². The van der Waals surface area contributed by atoms with Crippen LogP contribution in [0, 0.1) is 11.3 Å². The van der Waals surface area contributed by atoms with E-state index < -0.39 is 5.54 Å². The number of amides is 4. The average molecular weight is 380 g/mol. The van der Waals surface area contributed by atoms with Crippen molar-refractivity contribution in [1.29, 1.82) is 0 Å². The van der Waals surface area contributed by atoms with E-state index in [1.165, 1.54) is 4.90 Å². The summed E-state index contributed by atoms with van der Waals surface area (Å²) < 4.78 is 0. The summed E-state index contributed by atoms with van der Waals surface area (Å²) in [4.78, 5) is 38.5. The predicted molar refractivity (Wildman–Crippen MR) is 106 cm³/mol. The Labute approximate surface area is 163 Å². The van der Waals surface area contributed by atoms with Crippen LogP contribution >= 0.6 is 0 Å². The number of carbonyl (C=O) groups excluding carboxylic acids is 3. The van der Waals surface area contributed by atoms with E-state index in [0.717, 1.165) is 38.5 Å². The van der Waals surface area contributed by atoms with Gasteiger partial charge in [-0.05, 0) is 43.4 Å². The molecule has 4 amide bonds. The monoisotopic (exact) mass is 379 g/mol. The van der Waals surface area contributed by atoms with Gasteiger partial charge < -0.3 is 10.6 Å². The number of nitrogens with zero attached hydrogens (tertiary/aromatic N) is 1. The first-order chi connectivity index (χ1) is 12.5. The highest BCUT2D eigenvalue weighted by Crippen LogP contribution is 2.35. The Morgan fingerprint density at radius 1 is 1.19 bits per heavy atom. The van der Waals surface area contributed by atoms with Gasteiger partial charge in [-0.2, -0.15) is 0 Å². The number of carbonyl (C=O) groups is 3. The van der Waals surface area contributed by atoms with Gasteiger partial charge in [0.1, 0.15) is 5.54 Å². The highest BCUT2D eigenvalue weighted by molar-refractivity contribution is 6.07. The third-order valence-corrected chi connectivity index (χ3v) is 5.90. The number of nitrogens with one attached hydrogen (secondary N) is 2. The van der Waals surface area contributed by atoms with Crippen molar-refractivity contribution in [2.24, 2.45) is 11.3 Å². The molecule has 1 heterocycles. The molecular formula is C21H37N3O3. The average Bonchev–Trinajstić information content (AvgIpc) is 3.11. The molecule has 1 atom stereocenters. The molecule has 1 aliphatic carbocycles. The molecular weight excluding hydrogens is 342 g/mol. The van der Waals surface area contributed by atoms with Gasteiger partial charge in [0.15, 0.2) is 0 Å². The highest BCUT2D eigenvalue weighted by Gasteiger charge is 2.52. The van der Waals surface area contributed by atoms with Crippen LogP contribution in [0.4, 0.5) is 4.79 Å². The quantitative estimate of drug-likeness (QED) is 0.633. The van der Waals surface area contributed by atoms with Gasteiger partial charge in [-0.25, -0.2) is 4.79 Å². The number of rotatable bonds is 8. The SMILES string of the molecule is CC(C)CCC(NC(=O)CCCN1C(=O)NC2(CCCC2)C1=O)C(C)(C)C. The van der Waals surface area contributed by atoms with Crippen LogP contribution in [0.15, 0.2) is 0 Å². The fourth-order valence-corrected chi connectivity index (χ4v) is 4.08. The molecule has 0 aromatic heterocycles. The minimum Gasteiger partial charge on any atom is -0.353 e. The summed E-state index contributed by atoms with van der Waals surface area (Å²) in [6.07, 6.45) is 6.30. The molecule has 2 fully saturated rings. The standard InChI is InChI=1S/C21H37N3O3/c1-15(2)10-11-16(20(3,4)5)22-17(25)9-8-14-24-18(26)21(23-19(24)27)12-6-7-13-21/h15-16H,6-14H2,1-5H3,(H,22,25)(H,23,27). The highest BCUT2D eigenvalue weighted by atomic mass is 16.2. The molecule has 2 rings (SSSR count). The summed E-state index contributed by atoms with van der Waals surface area (Å²) in [5.74, 6) is 0.505. The van der Waals surface area contributed by atoms with Crippen molar-refractivity contribution in [3.05, 3.63) is 0 Å². The normalized spacial score (nSPS) is 20.4. The molecule has 0 aromatic rings. The predicted octanol–water partition coefficient (Wildman–Crippen LogP) is 3.60. The Bertz CT molecular complexity index is 560. The molecule has 1 unspecified atom stereocenters. The fraction of sp³-hybridized carbons (Fsp3) is 0.857. The molecule has 1 spiro atoms. The smallest absolute Gasteiger partial charge is 0.325 e. The lowest BCUT2D eigenvalue weighted by Crippen LogP contribution is -2.44. The molecule has 1 saturated heterocycles. The molecule has 2 aliphatic rings. The van der Waals surface area contributed by atoms with Crippen molar-refractivity contribution in [1.82, 2.24) is 15.5 Å². The zero-order valence-electron chi connectivity index (χ0n) is 17.7. The topological polar surface area (TPSA) is 78.5 Å². The van der Waals surface area contributed by atoms with Crippen molar-refractivity contribution >= 4 is 17.8 Å². The van der Waals surface area contributed by atoms with E-state index in [-0.39, 0.29) is 29.3 Å². The molecule has 6 heteroatoms. The Balaban J connectivity index is 1.81. The third-order valence-electron chi connectivity index (χ3n) is 5.90. The largest absolute Gasteiger partial charge is 0.353 e. The van der Waals surface area contributed by atoms with Gasteiger partial charge >= 0.3 is 6.03 Å². The zero-order chi connectivity index (χ0) is 20.2. The maximum atomic E-state index is 12.6. The Morgan fingerprint density at radius 3 is 2.37 bits per heavy atom. The lowest BCUT2D eigenvalue weighted by atomic mass is 9.82. The second-order valence-corrected chi connectivity index (χ2v) is 9.74. The Kier molecular flexibility index (Phi) is 6.92. The number of imide groups is 1. The maximum Gasteiger partial charge on any atom is 0.325 e. The van der Waals surface area contributed by atoms with E-state index in [0.29, 0.717) is 25.3 Å². The van der Waals surface area contributed by atoms with E-state index in [1.54, 1.807) is 0 Å². The summed E-state index contributed by atoms with van der Waals surface area (Å²) in [5, 5.41) is 6.05. The zero-order valence-corrected chi connectivity index (χ0v) is 17.7. The second-order valence-electron chi connectivity index (χ2n) is 9.74. The van der Waals surface area contributed by atoms with Gasteiger partial charge in [0.05, 0.1) is 0 Å². The lowest BCUT2D eigenvalue weighted by molar-refractivity contribution is -0.131. The van der Waals surface area contributed by atoms with Crippen LogP contribution in [0.2, 0.25) is 0 Å². The summed E-state index contributed by atoms with van der Waals surface area (Å²) in [7, 11) is 0. The Hall–Kier alpha value is -1.59. The van der Waals surface area contributed by atoms with Crippen LogP contribution in [0.3, 0.4) is 0 Å². The summed E-state index contributed by atoms with van der Waals surface area (Å²) in [6.45, 7) is 11.1. The van der Waals surface area contributed by atoms with E-state index in [1.807, 2.05) is 0 Å². The minimum absolute atomic E-state index is 0.00122. The second kappa shape index (κ2) is 8.61. The van der Waals surface area contributed by atoms with Crippen LogP contribution in [-0.4, -0.2) is 40.9 Å². The lowest BCUT2D eigenvalue weighted by Gasteiger charge is -2.32. The Morgan fingerprint density at radius 2 is 1.81 bits per heavy atom. The molecule has 27 heavy (non-hydrogen) atoms. The first-order valence-electron chi connectivity index (χ1n) is 10.5. The van der Waals surface area contributed by atoms with Gasteiger partial charge in [0.2, 0.25) is 5.91 Å². The van der Waals surface area contributed by atoms with Crippen molar-refractivity contribution < 1.29 is 14.4 Å². The summed E-state index contributed by atoms with van der Waals surface area (Å²) in [6, 6.07) is -0.169. The van der Waals surface area contributed by atoms with E-state index in [4.69, 9.17) is 0 Å². The third kappa shape index (κ3) is 5.45. The van der Waals surface area contributed by atoms with Gasteiger partial charge in [-0.3, -0.25) is 14.5 Å². The number of hydrogen-bond acceptors (Lipinski definition) is 3. The number of urea groups is 1. The summed E-state index contributed by atoms with van der Waals surface area (Å²) in [5.41, 5.74) is -0.655. The molecule has 0 radical (unpaired) electrons. The summed E-state index contributed by atoms with van der Waals surface area (Å²) >= 11 is 0. The maximum absolute atomic E-state index is 12.6. The molecule has 1 aliphatic heterocycles. The number of hydrogen-bond donors (Lipinski definition) is 2. The van der Waals surface area contributed by atoms with Gasteiger partial charge in [0.25, 0.3) is 5.91 Å². The van der Waals surface area contributed by atoms with Crippen LogP contribution in [0.25, 0.3) is 0 Å². The van der Waals surface area contributed by atoms with Crippen LogP contribution in [0.1, 0.15) is 86.0 Å². The molecule has 0 aromatic carbocycles. The van der Waals surface area contributed by atoms with Crippen molar-refractivity contribution in [3.63, 3.8) is 0 Å². The molecule has 6 nitrogen and oxygen atoms in total. The fourth-order valence-electron chi connectivity index (χ4n) is 4.08. The van der Waals surface area contributed by atoms with Gasteiger partial charge in [-0.15, -0.1) is 0 Å².